The van der Waals surface area contributed by atoms with E-state index in [1.807, 2.05) is 0 Å². The van der Waals surface area contributed by atoms with Crippen molar-refractivity contribution in [2.24, 2.45) is 0 Å². The molecule has 3 radical (unpaired) electrons. The third-order valence-corrected chi connectivity index (χ3v) is 0. The van der Waals surface area contributed by atoms with Crippen molar-refractivity contribution in [3.05, 3.63) is 0 Å². The van der Waals surface area contributed by atoms with Gasteiger partial charge >= 0.3 is 75.1 Å². The molecule has 0 N–H and O–H groups in total. The Morgan fingerprint density at radius 2 is 1.25 bits per heavy atom. The topological polar surface area (TPSA) is 0 Å². The molecule has 0 aliphatic rings. The average molecular weight is 394 g/mol. The molecule has 0 bridgehead atoms. The van der Waals surface area contributed by atoms with Gasteiger partial charge in [0.25, 0.3) is 0 Å². The molecule has 23 valence electrons. The van der Waals surface area contributed by atoms with Crippen molar-refractivity contribution in [3.8, 4) is 0 Å². The van der Waals surface area contributed by atoms with Gasteiger partial charge in [0, 0.05) is 8.41 Å². The first-order chi connectivity index (χ1) is 0. The second-order valence-electron chi connectivity index (χ2n) is 0. The van der Waals surface area contributed by atoms with Gasteiger partial charge in [-0.15, -0.1) is 0 Å². The molecule has 0 spiro atoms. The van der Waals surface area contributed by atoms with Crippen LogP contribution in [0.1, 0.15) is 2.85 Å². The maximum atomic E-state index is 0. The van der Waals surface area contributed by atoms with Crippen molar-refractivity contribution in [2.45, 2.75) is 0 Å². The van der Waals surface area contributed by atoms with Crippen LogP contribution in [0.5, 0.6) is 0 Å². The largest absolute Gasteiger partial charge is 1.00 e. The second kappa shape index (κ2) is 17.2. The first-order valence-electron chi connectivity index (χ1n) is 0. The summed E-state index contributed by atoms with van der Waals surface area (Å²) in [5.41, 5.74) is 0. The third kappa shape index (κ3) is 8.83. The Morgan fingerprint density at radius 1 is 1.25 bits per heavy atom. The van der Waals surface area contributed by atoms with Crippen LogP contribution in [-0.4, -0.2) is 94.5 Å². The fraction of sp³-hybridized carbons (Fsp3) is 0. The quantitative estimate of drug-likeness (QED) is 0.381. The van der Waals surface area contributed by atoms with Gasteiger partial charge < -0.3 is 2.85 Å². The minimum atomic E-state index is 0. The van der Waals surface area contributed by atoms with E-state index in [2.05, 4.69) is 0 Å². The van der Waals surface area contributed by atoms with Crippen molar-refractivity contribution in [1.82, 2.24) is 0 Å². The minimum absolute atomic E-state index is 0. The smallest absolute Gasteiger partial charge is 0.0149 e. The van der Waals surface area contributed by atoms with Crippen molar-refractivity contribution >= 4 is 94.5 Å². The molecular formula is H9BBaBiSi. The average Bonchev–Trinajstić information content (AvgIpc) is 0. The van der Waals surface area contributed by atoms with Crippen molar-refractivity contribution in [2.75, 3.05) is 0 Å². The summed E-state index contributed by atoms with van der Waals surface area (Å²) in [6.45, 7) is 0. The van der Waals surface area contributed by atoms with E-state index >= 15 is 0 Å². The zero-order valence-electron chi connectivity index (χ0n) is 3.99. The van der Waals surface area contributed by atoms with Gasteiger partial charge in [0.1, 0.15) is 0 Å². The molecule has 0 aliphatic carbocycles. The van der Waals surface area contributed by atoms with Crippen LogP contribution in [0.15, 0.2) is 0 Å². The SMILES string of the molecule is [B].[Ba+2].[BiH3].[H-].[H-].[SiH4]. The molecule has 0 rings (SSSR count). The first-order valence-corrected chi connectivity index (χ1v) is 0. The van der Waals surface area contributed by atoms with Gasteiger partial charge in [-0.05, 0) is 11.0 Å². The van der Waals surface area contributed by atoms with Gasteiger partial charge in [-0.1, -0.05) is 0 Å². The molecule has 0 saturated heterocycles. The Morgan fingerprint density at radius 3 is 1.25 bits per heavy atom. The summed E-state index contributed by atoms with van der Waals surface area (Å²) in [6.07, 6.45) is 0. The maximum absolute atomic E-state index is 0. The number of hydrogen-bond acceptors (Lipinski definition) is 0. The van der Waals surface area contributed by atoms with E-state index in [0.717, 1.165) is 0 Å². The monoisotopic (exact) mass is 395 g/mol. The van der Waals surface area contributed by atoms with Crippen LogP contribution in [0.4, 0.5) is 0 Å². The van der Waals surface area contributed by atoms with Crippen LogP contribution in [0, 0.1) is 0 Å². The summed E-state index contributed by atoms with van der Waals surface area (Å²) in [5.74, 6) is 0. The molecule has 0 unspecified atom stereocenters. The molecule has 0 saturated carbocycles. The first kappa shape index (κ1) is 29.6. The molecule has 0 aromatic heterocycles. The van der Waals surface area contributed by atoms with Gasteiger partial charge in [-0.3, -0.25) is 0 Å². The van der Waals surface area contributed by atoms with Crippen molar-refractivity contribution in [3.63, 3.8) is 0 Å². The van der Waals surface area contributed by atoms with Gasteiger partial charge in [0.15, 0.2) is 0 Å². The fourth-order valence-corrected chi connectivity index (χ4v) is 0. The zero-order valence-corrected chi connectivity index (χ0v) is 11.9. The molecule has 0 amide bonds. The standard InChI is InChI=1S/B.Ba.Bi.H4Si.5H/h;;;1H4;;;;;/q;+2;;;;;;2*-1. The van der Waals surface area contributed by atoms with Crippen LogP contribution in [0.3, 0.4) is 0 Å². The van der Waals surface area contributed by atoms with Gasteiger partial charge in [0.2, 0.25) is 0 Å². The van der Waals surface area contributed by atoms with E-state index in [4.69, 9.17) is 0 Å². The third-order valence-electron chi connectivity index (χ3n) is 0. The fourth-order valence-electron chi connectivity index (χ4n) is 0. The second-order valence-corrected chi connectivity index (χ2v) is 0. The Hall–Kier alpha value is 2.74. The van der Waals surface area contributed by atoms with E-state index in [-0.39, 0.29) is 97.3 Å². The summed E-state index contributed by atoms with van der Waals surface area (Å²) in [5, 5.41) is 0. The number of rotatable bonds is 0. The molecule has 0 heterocycles. The Labute approximate surface area is 95.3 Å². The van der Waals surface area contributed by atoms with Gasteiger partial charge in [0.05, 0.1) is 0 Å². The summed E-state index contributed by atoms with van der Waals surface area (Å²) < 4.78 is 0. The summed E-state index contributed by atoms with van der Waals surface area (Å²) in [7, 11) is 0. The molecule has 0 aliphatic heterocycles. The van der Waals surface area contributed by atoms with E-state index in [0.29, 0.717) is 0 Å². The van der Waals surface area contributed by atoms with Crippen LogP contribution < -0.4 is 0 Å². The number of hydrogen-bond donors (Lipinski definition) is 0. The minimum Gasteiger partial charge on any atom is -1.00 e. The van der Waals surface area contributed by atoms with E-state index < -0.39 is 0 Å². The Balaban J connectivity index is 0. The van der Waals surface area contributed by atoms with E-state index in [9.17, 15) is 0 Å². The normalized spacial score (nSPS) is 0. The van der Waals surface area contributed by atoms with Crippen LogP contribution in [0.2, 0.25) is 0 Å². The van der Waals surface area contributed by atoms with Crippen LogP contribution in [-0.2, 0) is 0 Å². The maximum Gasteiger partial charge on any atom is -0.0149 e. The molecule has 0 aromatic carbocycles. The summed E-state index contributed by atoms with van der Waals surface area (Å²) >= 11 is 0. The predicted octanol–water partition coefficient (Wildman–Crippen LogP) is -3.17. The molecule has 4 heavy (non-hydrogen) atoms. The predicted molar refractivity (Wildman–Crippen MR) is 35.0 cm³/mol. The summed E-state index contributed by atoms with van der Waals surface area (Å²) in [6, 6.07) is 0. The van der Waals surface area contributed by atoms with Gasteiger partial charge in [-0.25, -0.2) is 0 Å². The molecule has 0 nitrogen and oxygen atoms in total. The Kier molecular flexibility index (Phi) is 127. The summed E-state index contributed by atoms with van der Waals surface area (Å²) in [4.78, 5) is 0. The van der Waals surface area contributed by atoms with E-state index in [1.54, 1.807) is 0 Å². The molecule has 0 fully saturated rings. The van der Waals surface area contributed by atoms with E-state index in [1.165, 1.54) is 0 Å². The van der Waals surface area contributed by atoms with Crippen LogP contribution in [0.25, 0.3) is 0 Å². The molecular weight excluding hydrogens is 385 g/mol. The molecule has 0 aromatic rings. The molecule has 4 heteroatoms. The van der Waals surface area contributed by atoms with Crippen molar-refractivity contribution < 1.29 is 2.85 Å². The molecule has 0 atom stereocenters. The zero-order chi connectivity index (χ0) is 0. The van der Waals surface area contributed by atoms with Crippen molar-refractivity contribution in [1.29, 1.82) is 0 Å². The van der Waals surface area contributed by atoms with Gasteiger partial charge in [-0.2, -0.15) is 0 Å². The van der Waals surface area contributed by atoms with Crippen LogP contribution >= 0.6 is 0 Å². The Bertz CT molecular complexity index is 13.5.